The van der Waals surface area contributed by atoms with Gasteiger partial charge in [0.1, 0.15) is 5.60 Å². The average Bonchev–Trinajstić information content (AvgIpc) is 2.00. The second-order valence-corrected chi connectivity index (χ2v) is 3.28. The van der Waals surface area contributed by atoms with Gasteiger partial charge in [-0.05, 0) is 12.8 Å². The molecule has 0 fully saturated rings. The number of rotatable bonds is 5. The summed E-state index contributed by atoms with van der Waals surface area (Å²) >= 11 is 5.60. The van der Waals surface area contributed by atoms with E-state index in [-0.39, 0.29) is 5.88 Å². The Balaban J connectivity index is 4.16. The molecular weight excluding hydrogens is 186 g/mol. The van der Waals surface area contributed by atoms with Gasteiger partial charge < -0.3 is 0 Å². The molecule has 66 valence electrons. The fourth-order valence-corrected chi connectivity index (χ4v) is 1.92. The third-order valence-corrected chi connectivity index (χ3v) is 2.83. The normalized spacial score (nSPS) is 13.3. The third-order valence-electron chi connectivity index (χ3n) is 1.80. The largest absolute Gasteiger partial charge is 0.695 e. The fraction of sp³-hybridized carbons (Fsp3) is 1.00. The van der Waals surface area contributed by atoms with E-state index >= 15 is 0 Å². The fourth-order valence-electron chi connectivity index (χ4n) is 0.758. The van der Waals surface area contributed by atoms with Gasteiger partial charge in [0, 0.05) is 4.57 Å². The van der Waals surface area contributed by atoms with Crippen LogP contribution in [0.3, 0.4) is 0 Å². The van der Waals surface area contributed by atoms with Gasteiger partial charge in [-0.1, -0.05) is 13.8 Å². The Morgan fingerprint density at radius 2 is 2.00 bits per heavy atom. The van der Waals surface area contributed by atoms with E-state index in [4.69, 9.17) is 21.0 Å². The van der Waals surface area contributed by atoms with Crippen LogP contribution in [0.25, 0.3) is 0 Å². The zero-order valence-electron chi connectivity index (χ0n) is 6.71. The first-order valence-electron chi connectivity index (χ1n) is 3.51. The van der Waals surface area contributed by atoms with Crippen molar-refractivity contribution >= 4 is 19.9 Å². The minimum Gasteiger partial charge on any atom is -0.133 e. The highest BCUT2D eigenvalue weighted by molar-refractivity contribution is 7.32. The summed E-state index contributed by atoms with van der Waals surface area (Å²) in [7, 11) is -2.54. The molecule has 0 aromatic heterocycles. The molecule has 0 radical (unpaired) electrons. The topological polar surface area (TPSA) is 46.5 Å². The molecule has 0 aliphatic rings. The van der Waals surface area contributed by atoms with Crippen LogP contribution in [0.4, 0.5) is 0 Å². The van der Waals surface area contributed by atoms with Gasteiger partial charge in [0.15, 0.2) is 0 Å². The number of alkyl halides is 1. The van der Waals surface area contributed by atoms with Crippen molar-refractivity contribution in [3.63, 3.8) is 0 Å². The standard InChI is InChI=1S/C6H12ClO3P/c1-3-6(4-2,5-7)10-11(8)9/h3-5H2,1-2H3/p+1. The molecule has 1 unspecified atom stereocenters. The molecule has 0 heterocycles. The monoisotopic (exact) mass is 199 g/mol. The van der Waals surface area contributed by atoms with E-state index in [0.717, 1.165) is 0 Å². The lowest BCUT2D eigenvalue weighted by atomic mass is 10.0. The Morgan fingerprint density at radius 3 is 2.09 bits per heavy atom. The summed E-state index contributed by atoms with van der Waals surface area (Å²) in [6, 6.07) is 0. The highest BCUT2D eigenvalue weighted by atomic mass is 35.5. The molecule has 11 heavy (non-hydrogen) atoms. The van der Waals surface area contributed by atoms with Crippen LogP contribution in [-0.2, 0) is 9.09 Å². The molecule has 0 spiro atoms. The van der Waals surface area contributed by atoms with Crippen molar-refractivity contribution in [1.29, 1.82) is 0 Å². The Bertz CT molecular complexity index is 128. The lowest BCUT2D eigenvalue weighted by molar-refractivity contribution is 0.0793. The Morgan fingerprint density at radius 1 is 1.55 bits per heavy atom. The minimum absolute atomic E-state index is 0.252. The van der Waals surface area contributed by atoms with Crippen LogP contribution in [0.5, 0.6) is 0 Å². The SMILES string of the molecule is CCC(CC)(CCl)O[P+](=O)O. The summed E-state index contributed by atoms with van der Waals surface area (Å²) in [5.74, 6) is 0.252. The maximum atomic E-state index is 10.4. The van der Waals surface area contributed by atoms with E-state index in [1.807, 2.05) is 13.8 Å². The molecular formula is C6H13ClO3P+. The summed E-state index contributed by atoms with van der Waals surface area (Å²) in [6.45, 7) is 3.76. The average molecular weight is 200 g/mol. The van der Waals surface area contributed by atoms with Crippen LogP contribution in [0.2, 0.25) is 0 Å². The Hall–Kier alpha value is 0.310. The summed E-state index contributed by atoms with van der Waals surface area (Å²) in [5, 5.41) is 0. The molecule has 0 aliphatic carbocycles. The van der Waals surface area contributed by atoms with Crippen molar-refractivity contribution in [2.24, 2.45) is 0 Å². The summed E-state index contributed by atoms with van der Waals surface area (Å²) in [6.07, 6.45) is 1.29. The number of halogens is 1. The zero-order valence-corrected chi connectivity index (χ0v) is 8.36. The van der Waals surface area contributed by atoms with E-state index in [0.29, 0.717) is 12.8 Å². The maximum absolute atomic E-state index is 10.4. The van der Waals surface area contributed by atoms with E-state index in [1.54, 1.807) is 0 Å². The summed E-state index contributed by atoms with van der Waals surface area (Å²) in [5.41, 5.74) is -0.621. The second-order valence-electron chi connectivity index (χ2n) is 2.35. The van der Waals surface area contributed by atoms with Gasteiger partial charge in [-0.15, -0.1) is 21.0 Å². The first-order chi connectivity index (χ1) is 5.10. The van der Waals surface area contributed by atoms with Gasteiger partial charge in [-0.25, -0.2) is 0 Å². The molecule has 0 rings (SSSR count). The van der Waals surface area contributed by atoms with Crippen molar-refractivity contribution in [1.82, 2.24) is 0 Å². The first kappa shape index (κ1) is 11.3. The third kappa shape index (κ3) is 3.48. The van der Waals surface area contributed by atoms with Crippen LogP contribution < -0.4 is 0 Å². The van der Waals surface area contributed by atoms with Gasteiger partial charge in [0.2, 0.25) is 0 Å². The molecule has 0 saturated heterocycles. The van der Waals surface area contributed by atoms with E-state index in [1.165, 1.54) is 0 Å². The predicted molar refractivity (Wildman–Crippen MR) is 44.9 cm³/mol. The molecule has 0 bridgehead atoms. The van der Waals surface area contributed by atoms with Crippen LogP contribution in [0.15, 0.2) is 0 Å². The maximum Gasteiger partial charge on any atom is 0.695 e. The quantitative estimate of drug-likeness (QED) is 0.547. The summed E-state index contributed by atoms with van der Waals surface area (Å²) in [4.78, 5) is 8.51. The minimum atomic E-state index is -2.54. The number of hydrogen-bond acceptors (Lipinski definition) is 2. The van der Waals surface area contributed by atoms with Gasteiger partial charge in [-0.2, -0.15) is 0 Å². The Kier molecular flexibility index (Phi) is 5.19. The highest BCUT2D eigenvalue weighted by Gasteiger charge is 2.36. The van der Waals surface area contributed by atoms with Gasteiger partial charge >= 0.3 is 8.25 Å². The van der Waals surface area contributed by atoms with Crippen molar-refractivity contribution in [2.45, 2.75) is 32.3 Å². The van der Waals surface area contributed by atoms with Crippen molar-refractivity contribution in [3.8, 4) is 0 Å². The van der Waals surface area contributed by atoms with E-state index in [9.17, 15) is 4.57 Å². The van der Waals surface area contributed by atoms with Gasteiger partial charge in [0.05, 0.1) is 5.88 Å². The van der Waals surface area contributed by atoms with Crippen molar-refractivity contribution in [2.75, 3.05) is 5.88 Å². The number of hydrogen-bond donors (Lipinski definition) is 1. The smallest absolute Gasteiger partial charge is 0.133 e. The van der Waals surface area contributed by atoms with E-state index < -0.39 is 13.9 Å². The lowest BCUT2D eigenvalue weighted by Crippen LogP contribution is -2.30. The molecule has 0 aliphatic heterocycles. The van der Waals surface area contributed by atoms with Gasteiger partial charge in [0.25, 0.3) is 0 Å². The van der Waals surface area contributed by atoms with Crippen LogP contribution >= 0.6 is 19.9 Å². The first-order valence-corrected chi connectivity index (χ1v) is 5.18. The van der Waals surface area contributed by atoms with Crippen LogP contribution in [-0.4, -0.2) is 16.4 Å². The highest BCUT2D eigenvalue weighted by Crippen LogP contribution is 2.32. The molecule has 0 saturated carbocycles. The molecule has 0 amide bonds. The molecule has 1 atom stereocenters. The van der Waals surface area contributed by atoms with Crippen molar-refractivity contribution < 1.29 is 14.0 Å². The van der Waals surface area contributed by atoms with Crippen molar-refractivity contribution in [3.05, 3.63) is 0 Å². The molecule has 1 N–H and O–H groups in total. The summed E-state index contributed by atoms with van der Waals surface area (Å²) < 4.78 is 15.2. The predicted octanol–water partition coefficient (Wildman–Crippen LogP) is 2.45. The van der Waals surface area contributed by atoms with Crippen LogP contribution in [0, 0.1) is 0 Å². The molecule has 3 nitrogen and oxygen atoms in total. The Labute approximate surface area is 72.7 Å². The van der Waals surface area contributed by atoms with Crippen LogP contribution in [0.1, 0.15) is 26.7 Å². The van der Waals surface area contributed by atoms with Gasteiger partial charge in [-0.3, -0.25) is 0 Å². The zero-order chi connectivity index (χ0) is 8.91. The van der Waals surface area contributed by atoms with E-state index in [2.05, 4.69) is 0 Å². The lowest BCUT2D eigenvalue weighted by Gasteiger charge is -2.20. The second kappa shape index (κ2) is 5.04. The molecule has 0 aromatic rings. The molecule has 5 heteroatoms. The molecule has 0 aromatic carbocycles.